The van der Waals surface area contributed by atoms with Crippen LogP contribution in [-0.4, -0.2) is 52.9 Å². The van der Waals surface area contributed by atoms with Crippen LogP contribution in [0.25, 0.3) is 16.5 Å². The Hall–Kier alpha value is -1.57. The first kappa shape index (κ1) is 19.7. The van der Waals surface area contributed by atoms with E-state index in [1.165, 1.54) is 5.56 Å². The number of aliphatic hydroxyl groups excluding tert-OH is 1. The Morgan fingerprint density at radius 2 is 2.21 bits per heavy atom. The van der Waals surface area contributed by atoms with Gasteiger partial charge in [-0.05, 0) is 59.1 Å². The second-order valence-corrected chi connectivity index (χ2v) is 8.83. The topological polar surface area (TPSA) is 56.3 Å². The molecule has 1 aromatic carbocycles. The van der Waals surface area contributed by atoms with Crippen LogP contribution in [0.15, 0.2) is 28.9 Å². The first-order valence-electron chi connectivity index (χ1n) is 9.43. The lowest BCUT2D eigenvalue weighted by atomic mass is 9.78. The van der Waals surface area contributed by atoms with E-state index in [4.69, 9.17) is 0 Å². The lowest BCUT2D eigenvalue weighted by Gasteiger charge is -2.40. The molecular weight excluding hydrogens is 430 g/mol. The first-order chi connectivity index (χ1) is 13.2. The highest BCUT2D eigenvalue weighted by molar-refractivity contribution is 9.10. The highest BCUT2D eigenvalue weighted by atomic mass is 79.9. The largest absolute Gasteiger partial charge is 0.396 e. The van der Waals surface area contributed by atoms with Crippen LogP contribution >= 0.6 is 15.9 Å². The van der Waals surface area contributed by atoms with E-state index in [1.54, 1.807) is 0 Å². The van der Waals surface area contributed by atoms with E-state index in [9.17, 15) is 18.7 Å². The Labute approximate surface area is 170 Å². The fourth-order valence-electron chi connectivity index (χ4n) is 4.49. The molecule has 7 heteroatoms. The fourth-order valence-corrected chi connectivity index (χ4v) is 5.07. The van der Waals surface area contributed by atoms with Gasteiger partial charge in [0.15, 0.2) is 0 Å². The zero-order valence-corrected chi connectivity index (χ0v) is 17.4. The van der Waals surface area contributed by atoms with Gasteiger partial charge in [0, 0.05) is 35.8 Å². The van der Waals surface area contributed by atoms with Crippen molar-refractivity contribution in [2.75, 3.05) is 20.2 Å². The molecule has 1 aromatic heterocycles. The second-order valence-electron chi connectivity index (χ2n) is 8.04. The molecule has 0 saturated heterocycles. The number of aliphatic hydroxyl groups is 1. The Morgan fingerprint density at radius 1 is 1.46 bits per heavy atom. The van der Waals surface area contributed by atoms with Crippen molar-refractivity contribution in [1.29, 1.82) is 0 Å². The number of carbonyl (C=O) groups is 1. The molecule has 1 aliphatic heterocycles. The molecule has 4 nitrogen and oxygen atoms in total. The number of Topliss-reactive ketones (excluding diaryl/α,β-unsaturated/α-hetero) is 1. The van der Waals surface area contributed by atoms with Crippen molar-refractivity contribution in [1.82, 2.24) is 9.88 Å². The highest BCUT2D eigenvalue weighted by Crippen LogP contribution is 2.43. The van der Waals surface area contributed by atoms with Gasteiger partial charge in [0.05, 0.1) is 17.1 Å². The van der Waals surface area contributed by atoms with Gasteiger partial charge in [0.25, 0.3) is 5.92 Å². The SMILES string of the molecule is CN1CC(C(=O)CC(CO)C(C)(F)F)C=C2c3cccc4[nH]c(Br)c(c34)CC21. The minimum absolute atomic E-state index is 0.149. The lowest BCUT2D eigenvalue weighted by molar-refractivity contribution is -0.129. The number of aromatic amines is 1. The van der Waals surface area contributed by atoms with Crippen LogP contribution in [0.3, 0.4) is 0 Å². The predicted molar refractivity (Wildman–Crippen MR) is 108 cm³/mol. The average Bonchev–Trinajstić information content (AvgIpc) is 2.96. The molecule has 0 bridgehead atoms. The van der Waals surface area contributed by atoms with Gasteiger partial charge in [-0.2, -0.15) is 0 Å². The number of halogens is 3. The summed E-state index contributed by atoms with van der Waals surface area (Å²) in [6, 6.07) is 6.22. The number of fused-ring (bicyclic) bond motifs is 2. The van der Waals surface area contributed by atoms with Gasteiger partial charge in [0.1, 0.15) is 5.78 Å². The molecule has 0 radical (unpaired) electrons. The van der Waals surface area contributed by atoms with Gasteiger partial charge in [-0.1, -0.05) is 18.2 Å². The van der Waals surface area contributed by atoms with E-state index in [1.807, 2.05) is 25.3 Å². The summed E-state index contributed by atoms with van der Waals surface area (Å²) in [4.78, 5) is 18.3. The summed E-state index contributed by atoms with van der Waals surface area (Å²) < 4.78 is 28.3. The van der Waals surface area contributed by atoms with E-state index < -0.39 is 24.4 Å². The summed E-state index contributed by atoms with van der Waals surface area (Å²) in [6.07, 6.45) is 2.47. The van der Waals surface area contributed by atoms with Crippen molar-refractivity contribution in [2.24, 2.45) is 11.8 Å². The van der Waals surface area contributed by atoms with Gasteiger partial charge in [-0.15, -0.1) is 0 Å². The maximum Gasteiger partial charge on any atom is 0.250 e. The number of rotatable bonds is 5. The fraction of sp³-hybridized carbons (Fsp3) is 0.476. The monoisotopic (exact) mass is 452 g/mol. The molecular formula is C21H23BrF2N2O2. The standard InChI is InChI=1S/C21H23BrF2N2O2/c1-21(23,24)12(10-27)7-18(28)11-6-14-13-4-3-5-16-19(13)15(20(22)25-16)8-17(14)26(2)9-11/h3-6,11-12,17,25,27H,7-10H2,1-2H3. The van der Waals surface area contributed by atoms with Gasteiger partial charge in [-0.3, -0.25) is 9.69 Å². The van der Waals surface area contributed by atoms with Crippen molar-refractivity contribution in [3.63, 3.8) is 0 Å². The number of hydrogen-bond acceptors (Lipinski definition) is 3. The number of alkyl halides is 2. The maximum absolute atomic E-state index is 13.6. The molecule has 4 rings (SSSR count). The summed E-state index contributed by atoms with van der Waals surface area (Å²) in [5.74, 6) is -5.12. The Bertz CT molecular complexity index is 963. The van der Waals surface area contributed by atoms with Gasteiger partial charge >= 0.3 is 0 Å². The third kappa shape index (κ3) is 3.23. The van der Waals surface area contributed by atoms with E-state index in [0.717, 1.165) is 40.0 Å². The average molecular weight is 453 g/mol. The first-order valence-corrected chi connectivity index (χ1v) is 10.2. The molecule has 0 saturated carbocycles. The molecule has 2 aliphatic rings. The molecule has 28 heavy (non-hydrogen) atoms. The molecule has 3 atom stereocenters. The molecule has 150 valence electrons. The quantitative estimate of drug-likeness (QED) is 0.719. The van der Waals surface area contributed by atoms with Crippen molar-refractivity contribution in [3.05, 3.63) is 40.0 Å². The number of nitrogens with zero attached hydrogens (tertiary/aromatic N) is 1. The van der Waals surface area contributed by atoms with Crippen molar-refractivity contribution in [2.45, 2.75) is 31.7 Å². The lowest BCUT2D eigenvalue weighted by Crippen LogP contribution is -2.45. The number of ketones is 1. The van der Waals surface area contributed by atoms with E-state index in [-0.39, 0.29) is 18.2 Å². The summed E-state index contributed by atoms with van der Waals surface area (Å²) in [7, 11) is 1.97. The van der Waals surface area contributed by atoms with E-state index in [2.05, 4.69) is 31.9 Å². The predicted octanol–water partition coefficient (Wildman–Crippen LogP) is 4.02. The molecule has 2 aromatic rings. The van der Waals surface area contributed by atoms with Crippen LogP contribution in [0.2, 0.25) is 0 Å². The molecule has 1 aliphatic carbocycles. The third-order valence-corrected chi connectivity index (χ3v) is 6.82. The molecule has 2 heterocycles. The number of hydrogen-bond donors (Lipinski definition) is 2. The van der Waals surface area contributed by atoms with Crippen molar-refractivity contribution >= 4 is 38.2 Å². The van der Waals surface area contributed by atoms with Gasteiger partial charge in [0.2, 0.25) is 0 Å². The molecule has 2 N–H and O–H groups in total. The van der Waals surface area contributed by atoms with Gasteiger partial charge < -0.3 is 10.1 Å². The smallest absolute Gasteiger partial charge is 0.250 e. The highest BCUT2D eigenvalue weighted by Gasteiger charge is 2.39. The van der Waals surface area contributed by atoms with Crippen LogP contribution in [0, 0.1) is 11.8 Å². The number of H-pyrrole nitrogens is 1. The number of carbonyl (C=O) groups excluding carboxylic acids is 1. The minimum atomic E-state index is -3.08. The number of likely N-dealkylation sites (N-methyl/N-ethyl adjacent to an activating group) is 1. The van der Waals surface area contributed by atoms with Crippen LogP contribution in [-0.2, 0) is 11.2 Å². The Balaban J connectivity index is 1.71. The number of benzene rings is 1. The maximum atomic E-state index is 13.6. The number of nitrogens with one attached hydrogen (secondary N) is 1. The van der Waals surface area contributed by atoms with E-state index in [0.29, 0.717) is 6.54 Å². The van der Waals surface area contributed by atoms with E-state index >= 15 is 0 Å². The molecule has 0 amide bonds. The summed E-state index contributed by atoms with van der Waals surface area (Å²) >= 11 is 3.62. The van der Waals surface area contributed by atoms with Crippen molar-refractivity contribution < 1.29 is 18.7 Å². The molecule has 0 fully saturated rings. The third-order valence-electron chi connectivity index (χ3n) is 6.14. The second kappa shape index (κ2) is 7.04. The Kier molecular flexibility index (Phi) is 4.96. The van der Waals surface area contributed by atoms with Gasteiger partial charge in [-0.25, -0.2) is 8.78 Å². The normalized spacial score (nSPS) is 23.4. The van der Waals surface area contributed by atoms with Crippen molar-refractivity contribution in [3.8, 4) is 0 Å². The Morgan fingerprint density at radius 3 is 2.89 bits per heavy atom. The zero-order chi connectivity index (χ0) is 20.2. The van der Waals surface area contributed by atoms with Crippen LogP contribution in [0.4, 0.5) is 8.78 Å². The molecule has 0 spiro atoms. The van der Waals surface area contributed by atoms with Crippen LogP contribution < -0.4 is 0 Å². The zero-order valence-electron chi connectivity index (χ0n) is 15.8. The molecule has 3 unspecified atom stereocenters. The summed E-state index contributed by atoms with van der Waals surface area (Å²) in [5, 5.41) is 10.5. The summed E-state index contributed by atoms with van der Waals surface area (Å²) in [5.41, 5.74) is 4.45. The summed E-state index contributed by atoms with van der Waals surface area (Å²) in [6.45, 7) is 0.556. The van der Waals surface area contributed by atoms with Crippen LogP contribution in [0.1, 0.15) is 24.5 Å². The minimum Gasteiger partial charge on any atom is -0.396 e. The number of aromatic nitrogens is 1. The van der Waals surface area contributed by atoms with Crippen LogP contribution in [0.5, 0.6) is 0 Å².